The lowest BCUT2D eigenvalue weighted by molar-refractivity contribution is -0.203. The Kier molecular flexibility index (Phi) is 18.3. The van der Waals surface area contributed by atoms with Gasteiger partial charge in [0, 0.05) is 25.9 Å². The number of carbonyl (C=O) groups is 2. The Morgan fingerprint density at radius 3 is 1.87 bits per heavy atom. The van der Waals surface area contributed by atoms with E-state index in [4.69, 9.17) is 0 Å². The minimum Gasteiger partial charge on any atom is -0.393 e. The minimum atomic E-state index is -0.266. The molecule has 54 heavy (non-hydrogen) atoms. The molecule has 4 rings (SSSR count). The lowest BCUT2D eigenvalue weighted by Crippen LogP contribution is -2.62. The van der Waals surface area contributed by atoms with E-state index in [0.717, 1.165) is 77.0 Å². The van der Waals surface area contributed by atoms with Gasteiger partial charge in [-0.15, -0.1) is 0 Å². The van der Waals surface area contributed by atoms with E-state index in [0.29, 0.717) is 61.4 Å². The van der Waals surface area contributed by atoms with Gasteiger partial charge in [-0.3, -0.25) is 9.59 Å². The van der Waals surface area contributed by atoms with Crippen LogP contribution in [-0.2, 0) is 9.59 Å². The molecular weight excluding hydrogens is 669 g/mol. The summed E-state index contributed by atoms with van der Waals surface area (Å²) >= 11 is 0. The third-order valence-corrected chi connectivity index (χ3v) is 14.7. The quantitative estimate of drug-likeness (QED) is 0.0694. The van der Waals surface area contributed by atoms with Crippen molar-refractivity contribution in [2.45, 2.75) is 162 Å². The van der Waals surface area contributed by atoms with Gasteiger partial charge in [-0.2, -0.15) is 0 Å². The number of rotatable bonds is 21. The fraction of sp³-hybridized carbons (Fsp3) is 0.750. The third kappa shape index (κ3) is 11.8. The van der Waals surface area contributed by atoms with Gasteiger partial charge in [0.05, 0.1) is 12.2 Å². The van der Waals surface area contributed by atoms with Gasteiger partial charge >= 0.3 is 0 Å². The van der Waals surface area contributed by atoms with Crippen molar-refractivity contribution in [2.24, 2.45) is 52.3 Å². The Balaban J connectivity index is 1.07. The molecule has 0 heterocycles. The van der Waals surface area contributed by atoms with Gasteiger partial charge in [-0.1, -0.05) is 102 Å². The van der Waals surface area contributed by atoms with E-state index >= 15 is 0 Å². The van der Waals surface area contributed by atoms with E-state index in [2.05, 4.69) is 106 Å². The summed E-state index contributed by atoms with van der Waals surface area (Å²) in [6.45, 7) is 12.7. The summed E-state index contributed by atoms with van der Waals surface area (Å²) in [6.07, 6.45) is 38.7. The van der Waals surface area contributed by atoms with E-state index < -0.39 is 0 Å². The molecule has 304 valence electrons. The average Bonchev–Trinajstić information content (AvgIpc) is 3.51. The lowest BCUT2D eigenvalue weighted by atomic mass is 9.41. The lowest BCUT2D eigenvalue weighted by Gasteiger charge is -2.64. The molecule has 11 atom stereocenters. The van der Waals surface area contributed by atoms with E-state index in [1.54, 1.807) is 0 Å². The molecule has 0 spiro atoms. The molecule has 4 aliphatic carbocycles. The first-order chi connectivity index (χ1) is 26.1. The van der Waals surface area contributed by atoms with Crippen molar-refractivity contribution >= 4 is 11.8 Å². The second kappa shape index (κ2) is 22.3. The fourth-order valence-electron chi connectivity index (χ4n) is 11.8. The minimum absolute atomic E-state index is 0.0444. The summed E-state index contributed by atoms with van der Waals surface area (Å²) in [5.74, 6) is 3.32. The first-order valence-corrected chi connectivity index (χ1v) is 22.2. The van der Waals surface area contributed by atoms with Gasteiger partial charge in [0.1, 0.15) is 0 Å². The number of aliphatic hydroxyl groups excluding tert-OH is 2. The van der Waals surface area contributed by atoms with Gasteiger partial charge in [-0.25, -0.2) is 0 Å². The van der Waals surface area contributed by atoms with Crippen molar-refractivity contribution in [3.05, 3.63) is 60.8 Å². The van der Waals surface area contributed by atoms with Crippen molar-refractivity contribution in [1.82, 2.24) is 10.6 Å². The van der Waals surface area contributed by atoms with Crippen molar-refractivity contribution in [1.29, 1.82) is 0 Å². The Hall–Kier alpha value is -2.44. The largest absolute Gasteiger partial charge is 0.393 e. The molecule has 4 N–H and O–H groups in total. The van der Waals surface area contributed by atoms with Gasteiger partial charge in [-0.05, 0) is 149 Å². The van der Waals surface area contributed by atoms with Crippen LogP contribution < -0.4 is 10.6 Å². The van der Waals surface area contributed by atoms with E-state index in [1.807, 2.05) is 0 Å². The van der Waals surface area contributed by atoms with E-state index in [9.17, 15) is 19.8 Å². The molecule has 6 nitrogen and oxygen atoms in total. The third-order valence-electron chi connectivity index (χ3n) is 14.7. The number of unbranched alkanes of at least 4 members (excludes halogenated alkanes) is 1. The highest BCUT2D eigenvalue weighted by Crippen LogP contribution is 2.69. The van der Waals surface area contributed by atoms with Gasteiger partial charge in [0.15, 0.2) is 0 Å². The second-order valence-corrected chi connectivity index (χ2v) is 17.9. The number of hydrogen-bond donors (Lipinski definition) is 4. The van der Waals surface area contributed by atoms with Crippen LogP contribution in [0.25, 0.3) is 0 Å². The molecule has 0 bridgehead atoms. The first-order valence-electron chi connectivity index (χ1n) is 22.2. The zero-order valence-electron chi connectivity index (χ0n) is 34.8. The summed E-state index contributed by atoms with van der Waals surface area (Å²) in [4.78, 5) is 25.1. The topological polar surface area (TPSA) is 98.7 Å². The van der Waals surface area contributed by atoms with E-state index in [1.165, 1.54) is 25.7 Å². The van der Waals surface area contributed by atoms with Crippen LogP contribution in [0.1, 0.15) is 150 Å². The molecule has 11 unspecified atom stereocenters. The maximum Gasteiger partial charge on any atom is 0.220 e. The summed E-state index contributed by atoms with van der Waals surface area (Å²) in [7, 11) is 0. The van der Waals surface area contributed by atoms with Crippen LogP contribution >= 0.6 is 0 Å². The maximum atomic E-state index is 12.8. The molecule has 2 amide bonds. The molecule has 0 saturated heterocycles. The number of aliphatic hydroxyl groups is 2. The van der Waals surface area contributed by atoms with Crippen molar-refractivity contribution in [3.8, 4) is 0 Å². The standard InChI is InChI=1S/C48H78N2O4/c1-6-8-9-10-11-12-13-14-15-16-17-18-19-20-21-22-23-24-43(52)49-33-34-50-44(53)28-25-36(3)39-26-27-40-45-41(30-32-47(39,40)4)48(5)31-29-37(51)35-42(48)38(7-2)46(45)54/h8-9,11-12,14-15,17-18,20-21,36-42,45-46,51,54H,6-7,10,13,16,19,22-35H2,1-5H3,(H,49,52)(H,50,53). The number of allylic oxidation sites excluding steroid dienone is 10. The SMILES string of the molecule is CCC=CCC=CCC=CCC=CCC=CCCCC(=O)NCCNC(=O)CCC(C)C1CCC2C3C(O)C(CC)C4CC(O)CCC4(C)C3CCC12C. The van der Waals surface area contributed by atoms with Crippen LogP contribution in [0.3, 0.4) is 0 Å². The van der Waals surface area contributed by atoms with Crippen LogP contribution in [0.15, 0.2) is 60.8 Å². The Bertz CT molecular complexity index is 1300. The van der Waals surface area contributed by atoms with Gasteiger partial charge < -0.3 is 20.8 Å². The Morgan fingerprint density at radius 2 is 1.26 bits per heavy atom. The molecule has 0 aromatic heterocycles. The molecule has 0 aromatic rings. The fourth-order valence-corrected chi connectivity index (χ4v) is 11.8. The number of hydrogen-bond acceptors (Lipinski definition) is 4. The zero-order valence-corrected chi connectivity index (χ0v) is 34.8. The first kappa shape index (κ1) is 44.3. The maximum absolute atomic E-state index is 12.8. The molecule has 4 fully saturated rings. The molecule has 4 saturated carbocycles. The highest BCUT2D eigenvalue weighted by atomic mass is 16.3. The zero-order chi connectivity index (χ0) is 39.0. The number of carbonyl (C=O) groups excluding carboxylic acids is 2. The van der Waals surface area contributed by atoms with Crippen molar-refractivity contribution in [3.63, 3.8) is 0 Å². The molecule has 6 heteroatoms. The monoisotopic (exact) mass is 747 g/mol. The van der Waals surface area contributed by atoms with Crippen LogP contribution in [0, 0.1) is 52.3 Å². The summed E-state index contributed by atoms with van der Waals surface area (Å²) < 4.78 is 0. The molecule has 0 aliphatic heterocycles. The summed E-state index contributed by atoms with van der Waals surface area (Å²) in [5.41, 5.74) is 0.440. The summed E-state index contributed by atoms with van der Waals surface area (Å²) in [5, 5.41) is 28.6. The average molecular weight is 747 g/mol. The highest BCUT2D eigenvalue weighted by Gasteiger charge is 2.64. The second-order valence-electron chi connectivity index (χ2n) is 17.9. The van der Waals surface area contributed by atoms with E-state index in [-0.39, 0.29) is 40.8 Å². The predicted molar refractivity (Wildman–Crippen MR) is 225 cm³/mol. The van der Waals surface area contributed by atoms with Crippen LogP contribution in [0.4, 0.5) is 0 Å². The van der Waals surface area contributed by atoms with Crippen LogP contribution in [0.2, 0.25) is 0 Å². The number of nitrogens with one attached hydrogen (secondary N) is 2. The van der Waals surface area contributed by atoms with Gasteiger partial charge in [0.2, 0.25) is 11.8 Å². The molecule has 4 aliphatic rings. The summed E-state index contributed by atoms with van der Waals surface area (Å²) in [6, 6.07) is 0. The molecule has 0 radical (unpaired) electrons. The molecular formula is C48H78N2O4. The predicted octanol–water partition coefficient (Wildman–Crippen LogP) is 10.2. The number of amides is 2. The van der Waals surface area contributed by atoms with Crippen LogP contribution in [-0.4, -0.2) is 47.3 Å². The highest BCUT2D eigenvalue weighted by molar-refractivity contribution is 5.77. The van der Waals surface area contributed by atoms with Crippen molar-refractivity contribution in [2.75, 3.05) is 13.1 Å². The molecule has 0 aromatic carbocycles. The smallest absolute Gasteiger partial charge is 0.220 e. The Morgan fingerprint density at radius 1 is 0.704 bits per heavy atom. The van der Waals surface area contributed by atoms with Crippen LogP contribution in [0.5, 0.6) is 0 Å². The Labute approximate surface area is 329 Å². The normalized spacial score (nSPS) is 34.5. The van der Waals surface area contributed by atoms with Crippen molar-refractivity contribution < 1.29 is 19.8 Å². The van der Waals surface area contributed by atoms with Gasteiger partial charge in [0.25, 0.3) is 0 Å². The number of fused-ring (bicyclic) bond motifs is 5.